The lowest BCUT2D eigenvalue weighted by Gasteiger charge is -2.19. The van der Waals surface area contributed by atoms with Crippen molar-refractivity contribution in [3.8, 4) is 44.5 Å². The molecule has 0 aromatic heterocycles. The Hall–Kier alpha value is -5.98. The number of benzene rings is 9. The number of unbranched alkanes of at least 4 members (excludes halogenated alkanes) is 1. The number of aryl methyl sites for hydroxylation is 2. The molecule has 0 aliphatic carbocycles. The van der Waals surface area contributed by atoms with Crippen molar-refractivity contribution in [2.24, 2.45) is 0 Å². The molecule has 54 heavy (non-hydrogen) atoms. The van der Waals surface area contributed by atoms with Crippen molar-refractivity contribution >= 4 is 43.1 Å². The zero-order chi connectivity index (χ0) is 37.6. The van der Waals surface area contributed by atoms with Gasteiger partial charge >= 0.3 is 0 Å². The summed E-state index contributed by atoms with van der Waals surface area (Å²) in [5.74, 6) is 0. The first-order chi connectivity index (χ1) is 26.6. The van der Waals surface area contributed by atoms with Crippen molar-refractivity contribution in [2.75, 3.05) is 0 Å². The van der Waals surface area contributed by atoms with E-state index in [0.717, 1.165) is 0 Å². The fraction of sp³-hybridized carbons (Fsp3) is 0.148. The molecule has 0 aliphatic heterocycles. The van der Waals surface area contributed by atoms with Crippen LogP contribution in [0.5, 0.6) is 0 Å². The van der Waals surface area contributed by atoms with E-state index in [1.807, 2.05) is 13.8 Å². The zero-order valence-electron chi connectivity index (χ0n) is 32.6. The summed E-state index contributed by atoms with van der Waals surface area (Å²) in [6, 6.07) is 62.7. The normalized spacial score (nSPS) is 10.9. The molecule has 9 aromatic carbocycles. The molecule has 0 amide bonds. The summed E-state index contributed by atoms with van der Waals surface area (Å²) in [5, 5.41) is 10.2. The molecule has 0 bridgehead atoms. The Kier molecular flexibility index (Phi) is 11.0. The van der Waals surface area contributed by atoms with Crippen molar-refractivity contribution in [1.82, 2.24) is 0 Å². The molecule has 9 aromatic rings. The van der Waals surface area contributed by atoms with Gasteiger partial charge in [-0.25, -0.2) is 0 Å². The van der Waals surface area contributed by atoms with E-state index in [9.17, 15) is 0 Å². The molecule has 0 saturated carbocycles. The van der Waals surface area contributed by atoms with E-state index in [0.29, 0.717) is 0 Å². The quantitative estimate of drug-likeness (QED) is 0.157. The summed E-state index contributed by atoms with van der Waals surface area (Å²) >= 11 is 0. The van der Waals surface area contributed by atoms with Gasteiger partial charge in [0.25, 0.3) is 0 Å². The average Bonchev–Trinajstić information content (AvgIpc) is 3.23. The fourth-order valence-corrected chi connectivity index (χ4v) is 7.78. The molecule has 0 heterocycles. The number of fused-ring (bicyclic) bond motifs is 4. The zero-order valence-corrected chi connectivity index (χ0v) is 32.6. The molecular formula is C54H50. The van der Waals surface area contributed by atoms with Gasteiger partial charge in [0.2, 0.25) is 0 Å². The Labute approximate surface area is 321 Å². The Morgan fingerprint density at radius 1 is 0.315 bits per heavy atom. The minimum Gasteiger partial charge on any atom is -0.0683 e. The first kappa shape index (κ1) is 36.4. The Balaban J connectivity index is 0.000000706. The largest absolute Gasteiger partial charge is 0.0683 e. The third-order valence-corrected chi connectivity index (χ3v) is 10.6. The highest BCUT2D eigenvalue weighted by Gasteiger charge is 2.18. The molecular weight excluding hydrogens is 649 g/mol. The lowest BCUT2D eigenvalue weighted by molar-refractivity contribution is 0.886. The molecule has 0 aliphatic rings. The van der Waals surface area contributed by atoms with Crippen LogP contribution in [-0.4, -0.2) is 0 Å². The second-order valence-electron chi connectivity index (χ2n) is 14.0. The van der Waals surface area contributed by atoms with E-state index in [-0.39, 0.29) is 0 Å². The van der Waals surface area contributed by atoms with Gasteiger partial charge in [-0.2, -0.15) is 0 Å². The van der Waals surface area contributed by atoms with E-state index < -0.39 is 0 Å². The summed E-state index contributed by atoms with van der Waals surface area (Å²) < 4.78 is 0. The molecule has 0 nitrogen and oxygen atoms in total. The Morgan fingerprint density at radius 3 is 1.35 bits per heavy atom. The van der Waals surface area contributed by atoms with Crippen LogP contribution in [0.3, 0.4) is 0 Å². The maximum Gasteiger partial charge on any atom is -0.00262 e. The van der Waals surface area contributed by atoms with Crippen LogP contribution in [0.1, 0.15) is 51.7 Å². The molecule has 0 saturated heterocycles. The van der Waals surface area contributed by atoms with Crippen LogP contribution in [0, 0.1) is 13.8 Å². The minimum absolute atomic E-state index is 1.23. The summed E-state index contributed by atoms with van der Waals surface area (Å²) in [4.78, 5) is 0. The van der Waals surface area contributed by atoms with E-state index in [4.69, 9.17) is 0 Å². The molecule has 0 atom stereocenters. The van der Waals surface area contributed by atoms with Crippen LogP contribution in [0.2, 0.25) is 0 Å². The molecule has 266 valence electrons. The summed E-state index contributed by atoms with van der Waals surface area (Å²) in [6.07, 6.45) is 2.64. The smallest absolute Gasteiger partial charge is 0.00262 e. The standard InChI is InChI=1S/C48H34.C4H10.C2H6/c1-31-25-26-38(30-45(31)46-29-35-15-4-3-14-34(35)27-32(46)2)48-43-22-9-7-20-41(43)47(42-21-8-10-23-44(42)48)37-18-11-17-36(28-37)40-24-12-16-33-13-5-6-19-39(33)40;1-3-4-2;1-2/h3-30H,1-2H3;3-4H2,1-2H3;1-2H3. The van der Waals surface area contributed by atoms with Crippen LogP contribution >= 0.6 is 0 Å². The predicted octanol–water partition coefficient (Wildman–Crippen LogP) is 16.4. The third-order valence-electron chi connectivity index (χ3n) is 10.6. The molecule has 0 unspecified atom stereocenters. The van der Waals surface area contributed by atoms with Crippen molar-refractivity contribution in [2.45, 2.75) is 54.4 Å². The number of rotatable bonds is 5. The molecule has 9 rings (SSSR count). The van der Waals surface area contributed by atoms with Gasteiger partial charge in [0.05, 0.1) is 0 Å². The highest BCUT2D eigenvalue weighted by Crippen LogP contribution is 2.45. The summed E-state index contributed by atoms with van der Waals surface area (Å²) in [6.45, 7) is 12.8. The molecule has 0 radical (unpaired) electrons. The van der Waals surface area contributed by atoms with Crippen molar-refractivity contribution in [1.29, 1.82) is 0 Å². The molecule has 0 spiro atoms. The lowest BCUT2D eigenvalue weighted by Crippen LogP contribution is -1.93. The second-order valence-corrected chi connectivity index (χ2v) is 14.0. The first-order valence-corrected chi connectivity index (χ1v) is 19.7. The van der Waals surface area contributed by atoms with Gasteiger partial charge in [0, 0.05) is 0 Å². The van der Waals surface area contributed by atoms with E-state index >= 15 is 0 Å². The lowest BCUT2D eigenvalue weighted by atomic mass is 9.84. The van der Waals surface area contributed by atoms with Gasteiger partial charge in [-0.1, -0.05) is 192 Å². The average molecular weight is 699 g/mol. The van der Waals surface area contributed by atoms with Crippen molar-refractivity contribution < 1.29 is 0 Å². The molecule has 0 fully saturated rings. The van der Waals surface area contributed by atoms with E-state index in [2.05, 4.69) is 198 Å². The van der Waals surface area contributed by atoms with Crippen LogP contribution in [0.25, 0.3) is 87.6 Å². The van der Waals surface area contributed by atoms with Gasteiger partial charge in [-0.15, -0.1) is 0 Å². The van der Waals surface area contributed by atoms with Gasteiger partial charge in [0.1, 0.15) is 0 Å². The minimum atomic E-state index is 1.23. The van der Waals surface area contributed by atoms with Gasteiger partial charge in [0.15, 0.2) is 0 Å². The fourth-order valence-electron chi connectivity index (χ4n) is 7.78. The number of hydrogen-bond donors (Lipinski definition) is 0. The van der Waals surface area contributed by atoms with Crippen molar-refractivity contribution in [3.05, 3.63) is 181 Å². The maximum absolute atomic E-state index is 2.42. The molecule has 0 N–H and O–H groups in total. The SMILES string of the molecule is CC.CCCC.Cc1ccc(-c2c3ccccc3c(-c3cccc(-c4cccc5ccccc45)c3)c3ccccc23)cc1-c1cc2ccccc2cc1C. The van der Waals surface area contributed by atoms with E-state index in [1.54, 1.807) is 0 Å². The topological polar surface area (TPSA) is 0 Å². The maximum atomic E-state index is 2.42. The first-order valence-electron chi connectivity index (χ1n) is 19.7. The third kappa shape index (κ3) is 6.93. The summed E-state index contributed by atoms with van der Waals surface area (Å²) in [7, 11) is 0. The highest BCUT2D eigenvalue weighted by molar-refractivity contribution is 6.21. The van der Waals surface area contributed by atoms with Crippen LogP contribution in [0.4, 0.5) is 0 Å². The van der Waals surface area contributed by atoms with Gasteiger partial charge < -0.3 is 0 Å². The predicted molar refractivity (Wildman–Crippen MR) is 240 cm³/mol. The van der Waals surface area contributed by atoms with Crippen LogP contribution in [-0.2, 0) is 0 Å². The van der Waals surface area contributed by atoms with E-state index in [1.165, 1.54) is 112 Å². The molecule has 0 heteroatoms. The second kappa shape index (κ2) is 16.4. The highest BCUT2D eigenvalue weighted by atomic mass is 14.2. The van der Waals surface area contributed by atoms with Crippen LogP contribution in [0.15, 0.2) is 170 Å². The van der Waals surface area contributed by atoms with Crippen molar-refractivity contribution in [3.63, 3.8) is 0 Å². The van der Waals surface area contributed by atoms with Crippen LogP contribution < -0.4 is 0 Å². The monoisotopic (exact) mass is 698 g/mol. The van der Waals surface area contributed by atoms with Gasteiger partial charge in [-0.05, 0) is 131 Å². The number of hydrogen-bond acceptors (Lipinski definition) is 0. The Morgan fingerprint density at radius 2 is 0.759 bits per heavy atom. The van der Waals surface area contributed by atoms with Gasteiger partial charge in [-0.3, -0.25) is 0 Å². The Bertz CT molecular complexity index is 2660. The summed E-state index contributed by atoms with van der Waals surface area (Å²) in [5.41, 5.74) is 12.7.